The van der Waals surface area contributed by atoms with Gasteiger partial charge in [-0.25, -0.2) is 0 Å². The molecule has 0 amide bonds. The van der Waals surface area contributed by atoms with Gasteiger partial charge in [0.1, 0.15) is 0 Å². The van der Waals surface area contributed by atoms with Gasteiger partial charge in [0.15, 0.2) is 0 Å². The number of aromatic nitrogens is 1. The van der Waals surface area contributed by atoms with Crippen molar-refractivity contribution in [3.8, 4) is 0 Å². The zero-order valence-electron chi connectivity index (χ0n) is 12.7. The van der Waals surface area contributed by atoms with Gasteiger partial charge in [-0.1, -0.05) is 38.1 Å². The fraction of sp³-hybridized carbons (Fsp3) is 0.421. The van der Waals surface area contributed by atoms with Gasteiger partial charge in [-0.15, -0.1) is 0 Å². The van der Waals surface area contributed by atoms with Gasteiger partial charge in [0.25, 0.3) is 0 Å². The molecule has 0 unspecified atom stereocenters. The van der Waals surface area contributed by atoms with E-state index in [2.05, 4.69) is 50.0 Å². The van der Waals surface area contributed by atoms with Crippen molar-refractivity contribution in [1.29, 1.82) is 0 Å². The third-order valence-electron chi connectivity index (χ3n) is 4.56. The summed E-state index contributed by atoms with van der Waals surface area (Å²) in [5, 5.41) is 0. The van der Waals surface area contributed by atoms with Gasteiger partial charge < -0.3 is 0 Å². The third kappa shape index (κ3) is 2.63. The Labute approximate surface area is 122 Å². The molecule has 1 aromatic heterocycles. The SMILES string of the molecule is Cc1cncc(CCc2ccc3c(c2)C(C)(C)CC3)c1. The molecule has 1 nitrogen and oxygen atoms in total. The average molecular weight is 265 g/mol. The summed E-state index contributed by atoms with van der Waals surface area (Å²) in [6.45, 7) is 6.84. The first kappa shape index (κ1) is 13.4. The molecule has 0 N–H and O–H groups in total. The monoisotopic (exact) mass is 265 g/mol. The molecule has 0 saturated carbocycles. The first-order valence-electron chi connectivity index (χ1n) is 7.57. The van der Waals surface area contributed by atoms with Crippen molar-refractivity contribution < 1.29 is 0 Å². The van der Waals surface area contributed by atoms with E-state index in [0.717, 1.165) is 12.8 Å². The number of benzene rings is 1. The molecule has 20 heavy (non-hydrogen) atoms. The fourth-order valence-corrected chi connectivity index (χ4v) is 3.25. The highest BCUT2D eigenvalue weighted by Crippen LogP contribution is 2.38. The lowest BCUT2D eigenvalue weighted by Gasteiger charge is -2.19. The Morgan fingerprint density at radius 1 is 1.05 bits per heavy atom. The minimum Gasteiger partial charge on any atom is -0.264 e. The molecule has 1 heterocycles. The van der Waals surface area contributed by atoms with Crippen LogP contribution in [0.1, 0.15) is 48.1 Å². The number of hydrogen-bond acceptors (Lipinski definition) is 1. The Morgan fingerprint density at radius 3 is 2.65 bits per heavy atom. The third-order valence-corrected chi connectivity index (χ3v) is 4.56. The van der Waals surface area contributed by atoms with Crippen LogP contribution in [-0.2, 0) is 24.7 Å². The summed E-state index contributed by atoms with van der Waals surface area (Å²) < 4.78 is 0. The molecule has 0 bridgehead atoms. The maximum absolute atomic E-state index is 4.28. The predicted octanol–water partition coefficient (Wildman–Crippen LogP) is 4.40. The Hall–Kier alpha value is -1.63. The molecule has 1 aliphatic carbocycles. The van der Waals surface area contributed by atoms with Crippen molar-refractivity contribution in [3.63, 3.8) is 0 Å². The van der Waals surface area contributed by atoms with Crippen LogP contribution < -0.4 is 0 Å². The van der Waals surface area contributed by atoms with Gasteiger partial charge in [-0.3, -0.25) is 4.98 Å². The van der Waals surface area contributed by atoms with Crippen LogP contribution in [0.5, 0.6) is 0 Å². The lowest BCUT2D eigenvalue weighted by atomic mass is 9.85. The first-order valence-corrected chi connectivity index (χ1v) is 7.57. The summed E-state index contributed by atoms with van der Waals surface area (Å²) in [6, 6.07) is 9.33. The van der Waals surface area contributed by atoms with E-state index in [-0.39, 0.29) is 0 Å². The topological polar surface area (TPSA) is 12.9 Å². The number of rotatable bonds is 3. The van der Waals surface area contributed by atoms with Crippen molar-refractivity contribution in [2.75, 3.05) is 0 Å². The van der Waals surface area contributed by atoms with E-state index >= 15 is 0 Å². The zero-order chi connectivity index (χ0) is 14.2. The molecule has 3 rings (SSSR count). The van der Waals surface area contributed by atoms with Gasteiger partial charge >= 0.3 is 0 Å². The zero-order valence-corrected chi connectivity index (χ0v) is 12.7. The highest BCUT2D eigenvalue weighted by molar-refractivity contribution is 5.41. The van der Waals surface area contributed by atoms with E-state index in [1.165, 1.54) is 29.5 Å². The van der Waals surface area contributed by atoms with Gasteiger partial charge in [0.05, 0.1) is 0 Å². The standard InChI is InChI=1S/C19H23N/c1-14-10-16(13-20-12-14)5-4-15-6-7-17-8-9-19(2,3)18(17)11-15/h6-7,10-13H,4-5,8-9H2,1-3H3. The summed E-state index contributed by atoms with van der Waals surface area (Å²) in [6.07, 6.45) is 8.62. The average Bonchev–Trinajstić information content (AvgIpc) is 2.72. The van der Waals surface area contributed by atoms with Crippen LogP contribution in [-0.4, -0.2) is 4.98 Å². The van der Waals surface area contributed by atoms with E-state index in [0.29, 0.717) is 5.41 Å². The van der Waals surface area contributed by atoms with Crippen molar-refractivity contribution in [2.24, 2.45) is 0 Å². The van der Waals surface area contributed by atoms with Crippen LogP contribution >= 0.6 is 0 Å². The Kier molecular flexibility index (Phi) is 3.37. The maximum Gasteiger partial charge on any atom is 0.0300 e. The summed E-state index contributed by atoms with van der Waals surface area (Å²) in [5.74, 6) is 0. The molecule has 1 aromatic carbocycles. The second-order valence-corrected chi connectivity index (χ2v) is 6.75. The minimum atomic E-state index is 0.357. The Balaban J connectivity index is 1.76. The van der Waals surface area contributed by atoms with E-state index in [1.807, 2.05) is 12.4 Å². The summed E-state index contributed by atoms with van der Waals surface area (Å²) >= 11 is 0. The smallest absolute Gasteiger partial charge is 0.0300 e. The number of fused-ring (bicyclic) bond motifs is 1. The van der Waals surface area contributed by atoms with E-state index < -0.39 is 0 Å². The summed E-state index contributed by atoms with van der Waals surface area (Å²) in [5.41, 5.74) is 7.52. The molecule has 2 aromatic rings. The normalized spacial score (nSPS) is 16.1. The van der Waals surface area contributed by atoms with Crippen LogP contribution in [0, 0.1) is 6.92 Å². The lowest BCUT2D eigenvalue weighted by Crippen LogP contribution is -2.12. The fourth-order valence-electron chi connectivity index (χ4n) is 3.25. The summed E-state index contributed by atoms with van der Waals surface area (Å²) in [7, 11) is 0. The molecule has 104 valence electrons. The molecule has 0 spiro atoms. The van der Waals surface area contributed by atoms with E-state index in [4.69, 9.17) is 0 Å². The maximum atomic E-state index is 4.28. The minimum absolute atomic E-state index is 0.357. The van der Waals surface area contributed by atoms with E-state index in [9.17, 15) is 0 Å². The second kappa shape index (κ2) is 5.05. The molecule has 0 atom stereocenters. The quantitative estimate of drug-likeness (QED) is 0.801. The van der Waals surface area contributed by atoms with Crippen LogP contribution in [0.3, 0.4) is 0 Å². The number of pyridine rings is 1. The molecule has 0 fully saturated rings. The molecule has 1 aliphatic rings. The van der Waals surface area contributed by atoms with Crippen LogP contribution in [0.2, 0.25) is 0 Å². The molecule has 0 aliphatic heterocycles. The van der Waals surface area contributed by atoms with Crippen LogP contribution in [0.4, 0.5) is 0 Å². The number of nitrogens with zero attached hydrogens (tertiary/aromatic N) is 1. The van der Waals surface area contributed by atoms with Crippen LogP contribution in [0.25, 0.3) is 0 Å². The van der Waals surface area contributed by atoms with Crippen molar-refractivity contribution in [3.05, 3.63) is 64.5 Å². The summed E-state index contributed by atoms with van der Waals surface area (Å²) in [4.78, 5) is 4.28. The Bertz CT molecular complexity index is 625. The predicted molar refractivity (Wildman–Crippen MR) is 84.2 cm³/mol. The largest absolute Gasteiger partial charge is 0.264 e. The number of aryl methyl sites for hydroxylation is 4. The number of hydrogen-bond donors (Lipinski definition) is 0. The second-order valence-electron chi connectivity index (χ2n) is 6.75. The van der Waals surface area contributed by atoms with Crippen LogP contribution in [0.15, 0.2) is 36.7 Å². The molecule has 0 radical (unpaired) electrons. The van der Waals surface area contributed by atoms with Crippen molar-refractivity contribution in [2.45, 2.75) is 51.9 Å². The molecular formula is C19H23N. The van der Waals surface area contributed by atoms with Gasteiger partial charge in [0, 0.05) is 12.4 Å². The molecular weight excluding hydrogens is 242 g/mol. The lowest BCUT2D eigenvalue weighted by molar-refractivity contribution is 0.522. The molecule has 0 saturated heterocycles. The van der Waals surface area contributed by atoms with Gasteiger partial charge in [-0.05, 0) is 65.8 Å². The van der Waals surface area contributed by atoms with Gasteiger partial charge in [0.2, 0.25) is 0 Å². The van der Waals surface area contributed by atoms with Crippen molar-refractivity contribution in [1.82, 2.24) is 4.98 Å². The van der Waals surface area contributed by atoms with Gasteiger partial charge in [-0.2, -0.15) is 0 Å². The highest BCUT2D eigenvalue weighted by atomic mass is 14.6. The van der Waals surface area contributed by atoms with Crippen molar-refractivity contribution >= 4 is 0 Å². The Morgan fingerprint density at radius 2 is 1.85 bits per heavy atom. The highest BCUT2D eigenvalue weighted by Gasteiger charge is 2.29. The molecule has 1 heteroatoms. The first-order chi connectivity index (χ1) is 9.54. The van der Waals surface area contributed by atoms with E-state index in [1.54, 1.807) is 11.1 Å².